The molecule has 0 radical (unpaired) electrons. The Labute approximate surface area is 156 Å². The Kier molecular flexibility index (Phi) is 9.93. The zero-order valence-electron chi connectivity index (χ0n) is 15.7. The lowest BCUT2D eigenvalue weighted by Crippen LogP contribution is -2.01. The zero-order valence-corrected chi connectivity index (χ0v) is 16.5. The Bertz CT molecular complexity index is 656. The van der Waals surface area contributed by atoms with E-state index >= 15 is 0 Å². The minimum atomic E-state index is -0.975. The van der Waals surface area contributed by atoms with Crippen molar-refractivity contribution in [3.63, 3.8) is 0 Å². The van der Waals surface area contributed by atoms with Crippen LogP contribution in [0.25, 0.3) is 0 Å². The maximum Gasteiger partial charge on any atom is 0.355 e. The van der Waals surface area contributed by atoms with Crippen LogP contribution < -0.4 is 0 Å². The summed E-state index contributed by atoms with van der Waals surface area (Å²) in [6.45, 7) is 8.60. The molecule has 0 aliphatic rings. The highest BCUT2D eigenvalue weighted by Gasteiger charge is 2.10. The zero-order chi connectivity index (χ0) is 18.7. The van der Waals surface area contributed by atoms with Gasteiger partial charge in [-0.25, -0.2) is 9.78 Å². The molecule has 0 saturated carbocycles. The molecule has 0 spiro atoms. The molecule has 3 nitrogen and oxygen atoms in total. The van der Waals surface area contributed by atoms with Crippen LogP contribution in [0.15, 0.2) is 58.2 Å². The lowest BCUT2D eigenvalue weighted by Gasteiger charge is -2.04. The molecule has 0 amide bonds. The normalized spacial score (nSPS) is 12.2. The van der Waals surface area contributed by atoms with Crippen molar-refractivity contribution in [3.05, 3.63) is 59.0 Å². The number of thioether (sulfide) groups is 1. The van der Waals surface area contributed by atoms with E-state index in [1.807, 2.05) is 6.07 Å². The highest BCUT2D eigenvalue weighted by molar-refractivity contribution is 7.99. The summed E-state index contributed by atoms with van der Waals surface area (Å²) in [6.07, 6.45) is 12.6. The molecule has 0 atom stereocenters. The third-order valence-electron chi connectivity index (χ3n) is 3.77. The first-order chi connectivity index (χ1) is 11.9. The molecule has 1 rings (SSSR count). The fourth-order valence-electron chi connectivity index (χ4n) is 2.28. The maximum absolute atomic E-state index is 11.1. The average Bonchev–Trinajstić information content (AvgIpc) is 2.54. The van der Waals surface area contributed by atoms with Crippen LogP contribution in [0.1, 0.15) is 63.9 Å². The number of aromatic nitrogens is 1. The van der Waals surface area contributed by atoms with E-state index in [4.69, 9.17) is 5.11 Å². The minimum absolute atomic E-state index is 0.133. The van der Waals surface area contributed by atoms with Crippen LogP contribution in [-0.4, -0.2) is 21.8 Å². The number of carboxylic acids is 1. The fourth-order valence-corrected chi connectivity index (χ4v) is 3.28. The van der Waals surface area contributed by atoms with Crippen LogP contribution in [0.3, 0.4) is 0 Å². The van der Waals surface area contributed by atoms with Gasteiger partial charge in [0.15, 0.2) is 5.69 Å². The van der Waals surface area contributed by atoms with Crippen molar-refractivity contribution >= 4 is 17.7 Å². The molecule has 0 aliphatic carbocycles. The number of carboxylic acid groups (broad SMARTS) is 1. The highest BCUT2D eigenvalue weighted by atomic mass is 32.2. The molecular formula is C21H29NO2S. The van der Waals surface area contributed by atoms with Gasteiger partial charge in [-0.2, -0.15) is 0 Å². The summed E-state index contributed by atoms with van der Waals surface area (Å²) < 4.78 is 0. The van der Waals surface area contributed by atoms with E-state index in [0.717, 1.165) is 31.4 Å². The van der Waals surface area contributed by atoms with Gasteiger partial charge in [-0.15, -0.1) is 11.8 Å². The summed E-state index contributed by atoms with van der Waals surface area (Å²) >= 11 is 1.52. The Morgan fingerprint density at radius 3 is 2.36 bits per heavy atom. The number of carbonyl (C=O) groups is 1. The largest absolute Gasteiger partial charge is 0.476 e. The first-order valence-corrected chi connectivity index (χ1v) is 9.64. The first kappa shape index (κ1) is 21.2. The molecule has 1 N–H and O–H groups in total. The molecule has 0 aliphatic heterocycles. The van der Waals surface area contributed by atoms with Crippen LogP contribution in [0.2, 0.25) is 0 Å². The van der Waals surface area contributed by atoms with Crippen molar-refractivity contribution in [1.29, 1.82) is 0 Å². The predicted molar refractivity (Wildman–Crippen MR) is 107 cm³/mol. The van der Waals surface area contributed by atoms with Gasteiger partial charge in [0.25, 0.3) is 0 Å². The molecule has 1 heterocycles. The maximum atomic E-state index is 11.1. The molecular weight excluding hydrogens is 330 g/mol. The van der Waals surface area contributed by atoms with E-state index in [1.165, 1.54) is 34.7 Å². The molecule has 4 heteroatoms. The van der Waals surface area contributed by atoms with Gasteiger partial charge in [-0.05, 0) is 65.5 Å². The predicted octanol–water partition coefficient (Wildman–Crippen LogP) is 6.29. The van der Waals surface area contributed by atoms with Gasteiger partial charge in [0.1, 0.15) is 0 Å². The van der Waals surface area contributed by atoms with Crippen LogP contribution in [0.4, 0.5) is 0 Å². The summed E-state index contributed by atoms with van der Waals surface area (Å²) in [5, 5.41) is 9.13. The summed E-state index contributed by atoms with van der Waals surface area (Å²) in [4.78, 5) is 15.8. The van der Waals surface area contributed by atoms with E-state index in [9.17, 15) is 4.79 Å². The van der Waals surface area contributed by atoms with Gasteiger partial charge in [0, 0.05) is 16.8 Å². The number of aromatic carboxylic acids is 1. The standard InChI is InChI=1S/C21H29NO2S/c1-16(2)8-5-9-17(3)10-6-11-18(4)13-15-25-19-12-7-14-22-20(19)21(23)24/h7-8,10,12-14H,5-6,9,11,15H2,1-4H3,(H,23,24). The molecule has 136 valence electrons. The van der Waals surface area contributed by atoms with E-state index in [2.05, 4.69) is 50.9 Å². The van der Waals surface area contributed by atoms with Crippen molar-refractivity contribution in [2.75, 3.05) is 5.75 Å². The lowest BCUT2D eigenvalue weighted by atomic mass is 10.1. The first-order valence-electron chi connectivity index (χ1n) is 8.66. The Morgan fingerprint density at radius 2 is 1.72 bits per heavy atom. The van der Waals surface area contributed by atoms with Crippen molar-refractivity contribution in [3.8, 4) is 0 Å². The molecule has 1 aromatic heterocycles. The van der Waals surface area contributed by atoms with E-state index in [1.54, 1.807) is 6.07 Å². The van der Waals surface area contributed by atoms with Crippen molar-refractivity contribution in [2.45, 2.75) is 58.3 Å². The van der Waals surface area contributed by atoms with E-state index < -0.39 is 5.97 Å². The van der Waals surface area contributed by atoms with Crippen LogP contribution in [-0.2, 0) is 0 Å². The van der Waals surface area contributed by atoms with Gasteiger partial charge in [0.05, 0.1) is 0 Å². The van der Waals surface area contributed by atoms with Crippen molar-refractivity contribution < 1.29 is 9.90 Å². The molecule has 0 bridgehead atoms. The molecule has 0 fully saturated rings. The van der Waals surface area contributed by atoms with Gasteiger partial charge >= 0.3 is 5.97 Å². The minimum Gasteiger partial charge on any atom is -0.476 e. The number of hydrogen-bond acceptors (Lipinski definition) is 3. The Morgan fingerprint density at radius 1 is 1.08 bits per heavy atom. The van der Waals surface area contributed by atoms with Gasteiger partial charge in [-0.1, -0.05) is 34.9 Å². The highest BCUT2D eigenvalue weighted by Crippen LogP contribution is 2.22. The molecule has 0 aromatic carbocycles. The number of allylic oxidation sites excluding steroid dienone is 5. The molecule has 0 unspecified atom stereocenters. The monoisotopic (exact) mass is 359 g/mol. The second-order valence-electron chi connectivity index (χ2n) is 6.43. The molecule has 1 aromatic rings. The smallest absolute Gasteiger partial charge is 0.355 e. The van der Waals surface area contributed by atoms with Crippen molar-refractivity contribution in [1.82, 2.24) is 4.98 Å². The number of pyridine rings is 1. The van der Waals surface area contributed by atoms with Crippen LogP contribution in [0, 0.1) is 0 Å². The lowest BCUT2D eigenvalue weighted by molar-refractivity contribution is 0.0686. The second kappa shape index (κ2) is 11.7. The average molecular weight is 360 g/mol. The topological polar surface area (TPSA) is 50.2 Å². The summed E-state index contributed by atoms with van der Waals surface area (Å²) in [7, 11) is 0. The van der Waals surface area contributed by atoms with Gasteiger partial charge < -0.3 is 5.11 Å². The van der Waals surface area contributed by atoms with E-state index in [0.29, 0.717) is 4.90 Å². The fraction of sp³-hybridized carbons (Fsp3) is 0.429. The van der Waals surface area contributed by atoms with E-state index in [-0.39, 0.29) is 5.69 Å². The Balaban J connectivity index is 2.39. The number of hydrogen-bond donors (Lipinski definition) is 1. The summed E-state index contributed by atoms with van der Waals surface area (Å²) in [5.41, 5.74) is 4.29. The SMILES string of the molecule is CC(C)=CCCC(C)=CCCC(C)=CCSc1cccnc1C(=O)O. The molecule has 0 saturated heterocycles. The number of nitrogens with zero attached hydrogens (tertiary/aromatic N) is 1. The summed E-state index contributed by atoms with van der Waals surface area (Å²) in [5.74, 6) is -0.210. The van der Waals surface area contributed by atoms with Gasteiger partial charge in [0.2, 0.25) is 0 Å². The van der Waals surface area contributed by atoms with Gasteiger partial charge in [-0.3, -0.25) is 0 Å². The molecule has 25 heavy (non-hydrogen) atoms. The second-order valence-corrected chi connectivity index (χ2v) is 7.49. The third-order valence-corrected chi connectivity index (χ3v) is 4.74. The Hall–Kier alpha value is -1.81. The third kappa shape index (κ3) is 9.30. The summed E-state index contributed by atoms with van der Waals surface area (Å²) in [6, 6.07) is 3.58. The number of rotatable bonds is 10. The van der Waals surface area contributed by atoms with Crippen LogP contribution in [0.5, 0.6) is 0 Å². The quantitative estimate of drug-likeness (QED) is 0.394. The van der Waals surface area contributed by atoms with Crippen molar-refractivity contribution in [2.24, 2.45) is 0 Å². The van der Waals surface area contributed by atoms with Crippen LogP contribution >= 0.6 is 11.8 Å².